The van der Waals surface area contributed by atoms with Crippen LogP contribution in [0.25, 0.3) is 10.9 Å². The number of carbonyl (C=O) groups excluding carboxylic acids is 1. The van der Waals surface area contributed by atoms with Gasteiger partial charge in [-0.3, -0.25) is 14.7 Å². The average Bonchev–Trinajstić information content (AvgIpc) is 2.90. The minimum absolute atomic E-state index is 0.126. The Labute approximate surface area is 116 Å². The van der Waals surface area contributed by atoms with Gasteiger partial charge in [0.15, 0.2) is 0 Å². The molecule has 0 aliphatic heterocycles. The number of H-pyrrole nitrogens is 1. The van der Waals surface area contributed by atoms with Crippen molar-refractivity contribution in [1.82, 2.24) is 15.1 Å². The summed E-state index contributed by atoms with van der Waals surface area (Å²) in [5.41, 5.74) is 1.32. The van der Waals surface area contributed by atoms with Crippen molar-refractivity contribution in [2.45, 2.75) is 26.3 Å². The molecule has 6 heteroatoms. The number of aromatic amines is 1. The predicted molar refractivity (Wildman–Crippen MR) is 74.5 cm³/mol. The van der Waals surface area contributed by atoms with E-state index in [9.17, 15) is 9.59 Å². The average molecular weight is 275 g/mol. The fraction of sp³-hybridized carbons (Fsp3) is 0.357. The van der Waals surface area contributed by atoms with E-state index < -0.39 is 5.97 Å². The van der Waals surface area contributed by atoms with Crippen LogP contribution in [0.4, 0.5) is 0 Å². The van der Waals surface area contributed by atoms with Crippen LogP contribution in [-0.4, -0.2) is 44.7 Å². The number of aromatic nitrogens is 2. The van der Waals surface area contributed by atoms with Gasteiger partial charge in [0.1, 0.15) is 6.54 Å². The monoisotopic (exact) mass is 275 g/mol. The number of aliphatic carboxylic acids is 1. The first-order valence-electron chi connectivity index (χ1n) is 6.48. The van der Waals surface area contributed by atoms with Crippen molar-refractivity contribution in [3.05, 3.63) is 30.0 Å². The number of nitrogens with zero attached hydrogens (tertiary/aromatic N) is 2. The summed E-state index contributed by atoms with van der Waals surface area (Å²) in [6, 6.07) is 5.04. The lowest BCUT2D eigenvalue weighted by atomic mass is 10.1. The quantitative estimate of drug-likeness (QED) is 0.872. The van der Waals surface area contributed by atoms with Gasteiger partial charge in [0, 0.05) is 17.0 Å². The number of carboxylic acids is 1. The molecule has 1 aromatic carbocycles. The largest absolute Gasteiger partial charge is 0.480 e. The Morgan fingerprint density at radius 2 is 2.20 bits per heavy atom. The molecule has 106 valence electrons. The van der Waals surface area contributed by atoms with Crippen LogP contribution in [0.3, 0.4) is 0 Å². The van der Waals surface area contributed by atoms with E-state index in [2.05, 4.69) is 10.2 Å². The van der Waals surface area contributed by atoms with Gasteiger partial charge in [-0.05, 0) is 31.5 Å². The number of carbonyl (C=O) groups is 2. The Balaban J connectivity index is 2.31. The molecule has 1 aromatic heterocycles. The normalized spacial score (nSPS) is 12.3. The number of hydrogen-bond acceptors (Lipinski definition) is 3. The maximum absolute atomic E-state index is 12.5. The molecular weight excluding hydrogens is 258 g/mol. The number of rotatable bonds is 5. The minimum atomic E-state index is -1.01. The molecule has 0 spiro atoms. The first kappa shape index (κ1) is 14.0. The van der Waals surface area contributed by atoms with Crippen molar-refractivity contribution < 1.29 is 14.7 Å². The van der Waals surface area contributed by atoms with Gasteiger partial charge in [0.2, 0.25) is 0 Å². The highest BCUT2D eigenvalue weighted by molar-refractivity contribution is 5.99. The minimum Gasteiger partial charge on any atom is -0.480 e. The van der Waals surface area contributed by atoms with E-state index in [0.717, 1.165) is 10.9 Å². The number of amides is 1. The second-order valence-electron chi connectivity index (χ2n) is 4.76. The highest BCUT2D eigenvalue weighted by atomic mass is 16.4. The number of hydrogen-bond donors (Lipinski definition) is 2. The summed E-state index contributed by atoms with van der Waals surface area (Å²) in [4.78, 5) is 24.8. The molecule has 0 unspecified atom stereocenters. The molecule has 0 saturated heterocycles. The van der Waals surface area contributed by atoms with E-state index in [0.29, 0.717) is 12.0 Å². The summed E-state index contributed by atoms with van der Waals surface area (Å²) < 4.78 is 0. The zero-order valence-corrected chi connectivity index (χ0v) is 11.5. The maximum atomic E-state index is 12.5. The topological polar surface area (TPSA) is 86.3 Å². The molecule has 0 saturated carbocycles. The van der Waals surface area contributed by atoms with Gasteiger partial charge < -0.3 is 10.0 Å². The fourth-order valence-corrected chi connectivity index (χ4v) is 2.04. The van der Waals surface area contributed by atoms with E-state index in [4.69, 9.17) is 5.11 Å². The van der Waals surface area contributed by atoms with Gasteiger partial charge in [-0.2, -0.15) is 5.10 Å². The van der Waals surface area contributed by atoms with Crippen LogP contribution in [0.2, 0.25) is 0 Å². The summed E-state index contributed by atoms with van der Waals surface area (Å²) in [6.45, 7) is 3.47. The van der Waals surface area contributed by atoms with Crippen LogP contribution in [0, 0.1) is 0 Å². The first-order valence-corrected chi connectivity index (χ1v) is 6.48. The summed E-state index contributed by atoms with van der Waals surface area (Å²) in [7, 11) is 0. The van der Waals surface area contributed by atoms with E-state index in [1.807, 2.05) is 13.8 Å². The van der Waals surface area contributed by atoms with Crippen LogP contribution in [0.5, 0.6) is 0 Å². The Kier molecular flexibility index (Phi) is 4.02. The molecule has 2 rings (SSSR count). The van der Waals surface area contributed by atoms with Crippen LogP contribution in [0.15, 0.2) is 24.4 Å². The third-order valence-electron chi connectivity index (χ3n) is 3.38. The number of nitrogens with one attached hydrogen (secondary N) is 1. The molecule has 1 atom stereocenters. The Bertz CT molecular complexity index is 635. The van der Waals surface area contributed by atoms with E-state index in [1.165, 1.54) is 4.90 Å². The Morgan fingerprint density at radius 3 is 2.85 bits per heavy atom. The van der Waals surface area contributed by atoms with E-state index in [1.54, 1.807) is 24.4 Å². The van der Waals surface area contributed by atoms with Gasteiger partial charge in [0.25, 0.3) is 5.91 Å². The third kappa shape index (κ3) is 2.79. The maximum Gasteiger partial charge on any atom is 0.323 e. The van der Waals surface area contributed by atoms with Gasteiger partial charge in [-0.1, -0.05) is 6.92 Å². The molecule has 2 aromatic rings. The third-order valence-corrected chi connectivity index (χ3v) is 3.38. The fourth-order valence-electron chi connectivity index (χ4n) is 2.04. The molecule has 6 nitrogen and oxygen atoms in total. The summed E-state index contributed by atoms with van der Waals surface area (Å²) in [6.07, 6.45) is 2.34. The van der Waals surface area contributed by atoms with Crippen molar-refractivity contribution in [2.75, 3.05) is 6.54 Å². The lowest BCUT2D eigenvalue weighted by Gasteiger charge is -2.27. The van der Waals surface area contributed by atoms with Crippen molar-refractivity contribution in [3.63, 3.8) is 0 Å². The molecular formula is C14H17N3O3. The van der Waals surface area contributed by atoms with Crippen molar-refractivity contribution in [1.29, 1.82) is 0 Å². The zero-order valence-electron chi connectivity index (χ0n) is 11.5. The highest BCUT2D eigenvalue weighted by Gasteiger charge is 2.23. The van der Waals surface area contributed by atoms with Crippen LogP contribution >= 0.6 is 0 Å². The second kappa shape index (κ2) is 5.73. The summed E-state index contributed by atoms with van der Waals surface area (Å²) in [5, 5.41) is 16.5. The Morgan fingerprint density at radius 1 is 1.45 bits per heavy atom. The summed E-state index contributed by atoms with van der Waals surface area (Å²) >= 11 is 0. The molecule has 0 aliphatic rings. The second-order valence-corrected chi connectivity index (χ2v) is 4.76. The summed E-state index contributed by atoms with van der Waals surface area (Å²) in [5.74, 6) is -1.28. The first-order chi connectivity index (χ1) is 9.52. The van der Waals surface area contributed by atoms with E-state index >= 15 is 0 Å². The number of benzene rings is 1. The zero-order chi connectivity index (χ0) is 14.7. The molecule has 1 amide bonds. The highest BCUT2D eigenvalue weighted by Crippen LogP contribution is 2.16. The number of fused-ring (bicyclic) bond motifs is 1. The van der Waals surface area contributed by atoms with Crippen LogP contribution in [0.1, 0.15) is 30.6 Å². The van der Waals surface area contributed by atoms with Gasteiger partial charge in [0.05, 0.1) is 11.7 Å². The molecule has 0 fully saturated rings. The van der Waals surface area contributed by atoms with Gasteiger partial charge >= 0.3 is 5.97 Å². The SMILES string of the molecule is CC[C@H](C)N(CC(=O)O)C(=O)c1ccc2[nH]ncc2c1. The molecule has 0 aliphatic carbocycles. The van der Waals surface area contributed by atoms with Crippen LogP contribution < -0.4 is 0 Å². The molecule has 2 N–H and O–H groups in total. The Hall–Kier alpha value is -2.37. The smallest absolute Gasteiger partial charge is 0.323 e. The lowest BCUT2D eigenvalue weighted by molar-refractivity contribution is -0.138. The predicted octanol–water partition coefficient (Wildman–Crippen LogP) is 1.89. The molecule has 1 heterocycles. The van der Waals surface area contributed by atoms with Crippen molar-refractivity contribution in [3.8, 4) is 0 Å². The number of carboxylic acid groups (broad SMARTS) is 1. The molecule has 20 heavy (non-hydrogen) atoms. The van der Waals surface area contributed by atoms with Gasteiger partial charge in [-0.25, -0.2) is 0 Å². The van der Waals surface area contributed by atoms with E-state index in [-0.39, 0.29) is 18.5 Å². The van der Waals surface area contributed by atoms with Crippen molar-refractivity contribution in [2.24, 2.45) is 0 Å². The van der Waals surface area contributed by atoms with Crippen molar-refractivity contribution >= 4 is 22.8 Å². The molecule has 0 radical (unpaired) electrons. The standard InChI is InChI=1S/C14H17N3O3/c1-3-9(2)17(8-13(18)19)14(20)10-4-5-12-11(6-10)7-15-16-12/h4-7,9H,3,8H2,1-2H3,(H,15,16)(H,18,19)/t9-/m0/s1. The van der Waals surface area contributed by atoms with Crippen LogP contribution in [-0.2, 0) is 4.79 Å². The van der Waals surface area contributed by atoms with Gasteiger partial charge in [-0.15, -0.1) is 0 Å². The molecule has 0 bridgehead atoms. The lowest BCUT2D eigenvalue weighted by Crippen LogP contribution is -2.41.